The van der Waals surface area contributed by atoms with Crippen LogP contribution in [0.1, 0.15) is 0 Å². The van der Waals surface area contributed by atoms with E-state index >= 15 is 0 Å². The lowest BCUT2D eigenvalue weighted by molar-refractivity contribution is -0.137. The lowest BCUT2D eigenvalue weighted by atomic mass is 10.3. The number of ether oxygens (including phenoxy) is 1. The summed E-state index contributed by atoms with van der Waals surface area (Å²) in [5.41, 5.74) is 0. The predicted molar refractivity (Wildman–Crippen MR) is 53.0 cm³/mol. The Morgan fingerprint density at radius 1 is 1.79 bits per heavy atom. The van der Waals surface area contributed by atoms with E-state index in [0.29, 0.717) is 4.90 Å². The van der Waals surface area contributed by atoms with E-state index in [9.17, 15) is 9.18 Å². The van der Waals surface area contributed by atoms with Crippen molar-refractivity contribution in [2.45, 2.75) is 4.90 Å². The van der Waals surface area contributed by atoms with Gasteiger partial charge in [0.2, 0.25) is 0 Å². The quantitative estimate of drug-likeness (QED) is 0.593. The summed E-state index contributed by atoms with van der Waals surface area (Å²) < 4.78 is 17.0. The number of thioether (sulfide) groups is 1. The first-order valence-electron chi connectivity index (χ1n) is 3.70. The molecule has 0 saturated heterocycles. The molecule has 0 aliphatic carbocycles. The van der Waals surface area contributed by atoms with E-state index in [4.69, 9.17) is 11.6 Å². The van der Waals surface area contributed by atoms with Crippen LogP contribution in [0.5, 0.6) is 0 Å². The maximum Gasteiger partial charge on any atom is 0.315 e. The number of hydrogen-bond donors (Lipinski definition) is 0. The van der Waals surface area contributed by atoms with Crippen molar-refractivity contribution >= 4 is 29.3 Å². The third kappa shape index (κ3) is 3.20. The zero-order chi connectivity index (χ0) is 10.6. The van der Waals surface area contributed by atoms with Crippen molar-refractivity contribution in [3.05, 3.63) is 29.0 Å². The monoisotopic (exact) mass is 233 g/mol. The topological polar surface area (TPSA) is 26.3 Å². The van der Waals surface area contributed by atoms with Crippen LogP contribution in [0.2, 0.25) is 5.02 Å². The Bertz CT molecular complexity index is 344. The molecule has 0 fully saturated rings. The Hall–Kier alpha value is -0.740. The SMILES string of the molecule is COC(=O)CSc1c[c]c(F)cc1Cl. The minimum Gasteiger partial charge on any atom is -0.468 e. The van der Waals surface area contributed by atoms with E-state index in [-0.39, 0.29) is 16.7 Å². The number of carbonyl (C=O) groups excluding carboxylic acids is 1. The molecule has 0 aliphatic rings. The summed E-state index contributed by atoms with van der Waals surface area (Å²) >= 11 is 6.91. The van der Waals surface area contributed by atoms with Gasteiger partial charge in [0.1, 0.15) is 5.82 Å². The molecule has 5 heteroatoms. The van der Waals surface area contributed by atoms with Crippen LogP contribution >= 0.6 is 23.4 Å². The maximum absolute atomic E-state index is 12.6. The van der Waals surface area contributed by atoms with E-state index in [0.717, 1.165) is 6.07 Å². The van der Waals surface area contributed by atoms with Crippen LogP contribution in [-0.2, 0) is 9.53 Å². The molecule has 1 rings (SSSR count). The lowest BCUT2D eigenvalue weighted by Crippen LogP contribution is -2.02. The fraction of sp³-hybridized carbons (Fsp3) is 0.222. The van der Waals surface area contributed by atoms with Crippen LogP contribution in [-0.4, -0.2) is 18.8 Å². The molecule has 1 aromatic rings. The molecule has 14 heavy (non-hydrogen) atoms. The standard InChI is InChI=1S/C9H7ClFO2S/c1-13-9(12)5-14-8-3-2-6(11)4-7(8)10/h3-4H,5H2,1H3. The molecule has 0 saturated carbocycles. The Morgan fingerprint density at radius 3 is 3.07 bits per heavy atom. The van der Waals surface area contributed by atoms with Crippen LogP contribution in [0.25, 0.3) is 0 Å². The number of halogens is 2. The van der Waals surface area contributed by atoms with Crippen molar-refractivity contribution in [1.82, 2.24) is 0 Å². The zero-order valence-electron chi connectivity index (χ0n) is 7.34. The van der Waals surface area contributed by atoms with Gasteiger partial charge >= 0.3 is 5.97 Å². The Kier molecular flexibility index (Phi) is 4.22. The molecule has 0 unspecified atom stereocenters. The van der Waals surface area contributed by atoms with Crippen molar-refractivity contribution in [3.8, 4) is 0 Å². The summed E-state index contributed by atoms with van der Waals surface area (Å²) in [5.74, 6) is -0.719. The average molecular weight is 234 g/mol. The van der Waals surface area contributed by atoms with E-state index < -0.39 is 5.82 Å². The first-order chi connectivity index (χ1) is 6.63. The maximum atomic E-state index is 12.6. The fourth-order valence-electron chi connectivity index (χ4n) is 0.734. The number of benzene rings is 1. The molecule has 0 N–H and O–H groups in total. The van der Waals surface area contributed by atoms with Crippen LogP contribution in [0.4, 0.5) is 4.39 Å². The highest BCUT2D eigenvalue weighted by Crippen LogP contribution is 2.27. The first-order valence-corrected chi connectivity index (χ1v) is 5.06. The minimum absolute atomic E-state index is 0.149. The first kappa shape index (κ1) is 11.3. The number of methoxy groups -OCH3 is 1. The molecule has 0 amide bonds. The van der Waals surface area contributed by atoms with Crippen LogP contribution in [0.3, 0.4) is 0 Å². The van der Waals surface area contributed by atoms with E-state index in [2.05, 4.69) is 10.8 Å². The van der Waals surface area contributed by atoms with Gasteiger partial charge in [-0.15, -0.1) is 11.8 Å². The third-order valence-electron chi connectivity index (χ3n) is 1.40. The van der Waals surface area contributed by atoms with Gasteiger partial charge in [0.15, 0.2) is 0 Å². The molecule has 0 heterocycles. The van der Waals surface area contributed by atoms with E-state index in [1.54, 1.807) is 0 Å². The highest BCUT2D eigenvalue weighted by atomic mass is 35.5. The van der Waals surface area contributed by atoms with Crippen molar-refractivity contribution in [2.75, 3.05) is 12.9 Å². The van der Waals surface area contributed by atoms with Crippen molar-refractivity contribution in [3.63, 3.8) is 0 Å². The fourth-order valence-corrected chi connectivity index (χ4v) is 1.78. The van der Waals surface area contributed by atoms with Crippen LogP contribution in [0, 0.1) is 11.9 Å². The molecule has 75 valence electrons. The summed E-state index contributed by atoms with van der Waals surface area (Å²) in [6.45, 7) is 0. The molecular weight excluding hydrogens is 227 g/mol. The summed E-state index contributed by atoms with van der Waals surface area (Å²) in [7, 11) is 1.31. The zero-order valence-corrected chi connectivity index (χ0v) is 8.91. The highest BCUT2D eigenvalue weighted by molar-refractivity contribution is 8.00. The average Bonchev–Trinajstić information content (AvgIpc) is 2.16. The number of carbonyl (C=O) groups is 1. The van der Waals surface area contributed by atoms with Gasteiger partial charge in [0, 0.05) is 11.0 Å². The largest absolute Gasteiger partial charge is 0.468 e. The van der Waals surface area contributed by atoms with Gasteiger partial charge in [0.05, 0.1) is 17.9 Å². The summed E-state index contributed by atoms with van der Waals surface area (Å²) in [5, 5.41) is 0.273. The smallest absolute Gasteiger partial charge is 0.315 e. The van der Waals surface area contributed by atoms with Crippen LogP contribution in [0.15, 0.2) is 17.0 Å². The van der Waals surface area contributed by atoms with Crippen LogP contribution < -0.4 is 0 Å². The second-order valence-electron chi connectivity index (χ2n) is 2.36. The number of esters is 1. The molecule has 0 aromatic heterocycles. The second kappa shape index (κ2) is 5.22. The van der Waals surface area contributed by atoms with Gasteiger partial charge < -0.3 is 4.74 Å². The van der Waals surface area contributed by atoms with Gasteiger partial charge in [0.25, 0.3) is 0 Å². The predicted octanol–water partition coefficient (Wildman–Crippen LogP) is 2.54. The lowest BCUT2D eigenvalue weighted by Gasteiger charge is -2.02. The number of hydrogen-bond acceptors (Lipinski definition) is 3. The van der Waals surface area contributed by atoms with Crippen molar-refractivity contribution in [2.24, 2.45) is 0 Å². The third-order valence-corrected chi connectivity index (χ3v) is 2.86. The Balaban J connectivity index is 2.63. The van der Waals surface area contributed by atoms with E-state index in [1.165, 1.54) is 24.9 Å². The molecule has 0 bridgehead atoms. The minimum atomic E-state index is -0.516. The summed E-state index contributed by atoms with van der Waals surface area (Å²) in [6.07, 6.45) is 0. The van der Waals surface area contributed by atoms with Crippen molar-refractivity contribution < 1.29 is 13.9 Å². The summed E-state index contributed by atoms with van der Waals surface area (Å²) in [4.78, 5) is 11.4. The molecule has 0 aliphatic heterocycles. The molecule has 1 radical (unpaired) electrons. The molecule has 0 atom stereocenters. The summed E-state index contributed by atoms with van der Waals surface area (Å²) in [6, 6.07) is 4.92. The Morgan fingerprint density at radius 2 is 2.50 bits per heavy atom. The normalized spacial score (nSPS) is 9.93. The Labute approximate surface area is 90.4 Å². The van der Waals surface area contributed by atoms with Gasteiger partial charge in [-0.3, -0.25) is 4.79 Å². The van der Waals surface area contributed by atoms with E-state index in [1.807, 2.05) is 0 Å². The van der Waals surface area contributed by atoms with Gasteiger partial charge in [-0.1, -0.05) is 11.6 Å². The molecule has 0 spiro atoms. The second-order valence-corrected chi connectivity index (χ2v) is 3.78. The van der Waals surface area contributed by atoms with Gasteiger partial charge in [-0.05, 0) is 12.1 Å². The van der Waals surface area contributed by atoms with Gasteiger partial charge in [-0.25, -0.2) is 4.39 Å². The highest BCUT2D eigenvalue weighted by Gasteiger charge is 2.06. The van der Waals surface area contributed by atoms with Gasteiger partial charge in [-0.2, -0.15) is 0 Å². The van der Waals surface area contributed by atoms with Crippen molar-refractivity contribution in [1.29, 1.82) is 0 Å². The number of rotatable bonds is 3. The molecular formula is C9H7ClFO2S. The molecule has 2 nitrogen and oxygen atoms in total. The molecule has 1 aromatic carbocycles.